The summed E-state index contributed by atoms with van der Waals surface area (Å²) in [4.78, 5) is 14.0. The molecular formula is C23H26F2N4O. The number of hydrogen-bond acceptors (Lipinski definition) is 4. The van der Waals surface area contributed by atoms with Gasteiger partial charge in [-0.2, -0.15) is 15.5 Å². The fourth-order valence-electron chi connectivity index (χ4n) is 3.31. The Bertz CT molecular complexity index is 881. The molecule has 1 aliphatic heterocycles. The second-order valence-electron chi connectivity index (χ2n) is 7.35. The van der Waals surface area contributed by atoms with Gasteiger partial charge in [-0.05, 0) is 43.4 Å². The number of carbonyl (C=O) groups is 1. The van der Waals surface area contributed by atoms with E-state index in [1.54, 1.807) is 4.90 Å². The van der Waals surface area contributed by atoms with Crippen LogP contribution in [0.25, 0.3) is 5.70 Å². The molecule has 1 aliphatic rings. The van der Waals surface area contributed by atoms with Crippen LogP contribution in [0.2, 0.25) is 0 Å². The molecule has 1 aromatic rings. The summed E-state index contributed by atoms with van der Waals surface area (Å²) in [5, 5.41) is 16.5. The van der Waals surface area contributed by atoms with Gasteiger partial charge < -0.3 is 4.90 Å². The van der Waals surface area contributed by atoms with E-state index in [1.165, 1.54) is 18.3 Å². The molecule has 0 radical (unpaired) electrons. The molecule has 0 spiro atoms. The minimum Gasteiger partial charge on any atom is -0.341 e. The smallest absolute Gasteiger partial charge is 0.222 e. The van der Waals surface area contributed by atoms with Gasteiger partial charge in [0.15, 0.2) is 0 Å². The fraction of sp³-hybridized carbons (Fsp3) is 0.391. The predicted octanol–water partition coefficient (Wildman–Crippen LogP) is 5.64. The summed E-state index contributed by atoms with van der Waals surface area (Å²) >= 11 is 0. The number of rotatable bonds is 9. The van der Waals surface area contributed by atoms with E-state index in [-0.39, 0.29) is 29.0 Å². The average molecular weight is 412 g/mol. The van der Waals surface area contributed by atoms with Crippen LogP contribution < -0.4 is 0 Å². The zero-order chi connectivity index (χ0) is 22.1. The van der Waals surface area contributed by atoms with E-state index in [1.807, 2.05) is 6.92 Å². The number of nitriles is 1. The lowest BCUT2D eigenvalue weighted by atomic mass is 9.94. The van der Waals surface area contributed by atoms with Crippen molar-refractivity contribution < 1.29 is 13.6 Å². The van der Waals surface area contributed by atoms with Crippen molar-refractivity contribution in [2.24, 2.45) is 22.1 Å². The van der Waals surface area contributed by atoms with Crippen LogP contribution in [0.5, 0.6) is 0 Å². The highest BCUT2D eigenvalue weighted by atomic mass is 19.1. The van der Waals surface area contributed by atoms with E-state index in [4.69, 9.17) is 5.26 Å². The molecule has 1 amide bonds. The molecule has 0 aliphatic carbocycles. The topological polar surface area (TPSA) is 68.8 Å². The van der Waals surface area contributed by atoms with E-state index in [9.17, 15) is 13.6 Å². The molecule has 158 valence electrons. The van der Waals surface area contributed by atoms with Gasteiger partial charge in [-0.25, -0.2) is 8.78 Å². The zero-order valence-electron chi connectivity index (χ0n) is 17.2. The number of halogens is 2. The Labute approximate surface area is 176 Å². The summed E-state index contributed by atoms with van der Waals surface area (Å²) in [6.45, 7) is 10.5. The second kappa shape index (κ2) is 11.1. The van der Waals surface area contributed by atoms with E-state index in [0.29, 0.717) is 37.9 Å². The van der Waals surface area contributed by atoms with Gasteiger partial charge in [0.25, 0.3) is 0 Å². The van der Waals surface area contributed by atoms with Crippen molar-refractivity contribution in [3.8, 4) is 6.07 Å². The highest BCUT2D eigenvalue weighted by molar-refractivity contribution is 5.76. The first-order chi connectivity index (χ1) is 14.4. The first kappa shape index (κ1) is 23.1. The summed E-state index contributed by atoms with van der Waals surface area (Å²) in [6, 6.07) is 5.80. The van der Waals surface area contributed by atoms with Gasteiger partial charge in [-0.1, -0.05) is 31.7 Å². The third kappa shape index (κ3) is 6.18. The maximum absolute atomic E-state index is 14.2. The van der Waals surface area contributed by atoms with E-state index in [2.05, 4.69) is 29.5 Å². The number of carbonyl (C=O) groups excluding carboxylic acids is 1. The van der Waals surface area contributed by atoms with Crippen molar-refractivity contribution >= 4 is 11.6 Å². The van der Waals surface area contributed by atoms with E-state index in [0.717, 1.165) is 18.6 Å². The van der Waals surface area contributed by atoms with Gasteiger partial charge in [-0.15, -0.1) is 0 Å². The van der Waals surface area contributed by atoms with Crippen molar-refractivity contribution in [1.82, 2.24) is 4.90 Å². The lowest BCUT2D eigenvalue weighted by Gasteiger charge is -2.17. The molecule has 0 N–H and O–H groups in total. The van der Waals surface area contributed by atoms with Crippen molar-refractivity contribution in [2.75, 3.05) is 13.1 Å². The molecule has 2 rings (SSSR count). The quantitative estimate of drug-likeness (QED) is 0.389. The summed E-state index contributed by atoms with van der Waals surface area (Å²) in [5.41, 5.74) is 0.388. The van der Waals surface area contributed by atoms with Crippen LogP contribution in [0.1, 0.15) is 38.2 Å². The Balaban J connectivity index is 2.00. The molecule has 1 fully saturated rings. The molecule has 1 aromatic carbocycles. The molecule has 7 heteroatoms. The number of azo groups is 1. The van der Waals surface area contributed by atoms with Crippen molar-refractivity contribution in [2.45, 2.75) is 32.6 Å². The predicted molar refractivity (Wildman–Crippen MR) is 112 cm³/mol. The molecule has 0 aromatic heterocycles. The highest BCUT2D eigenvalue weighted by Gasteiger charge is 2.25. The number of hydrogen-bond donors (Lipinski definition) is 0. The number of amides is 1. The zero-order valence-corrected chi connectivity index (χ0v) is 17.2. The lowest BCUT2D eigenvalue weighted by molar-refractivity contribution is -0.130. The molecule has 0 bridgehead atoms. The van der Waals surface area contributed by atoms with Gasteiger partial charge in [-0.3, -0.25) is 4.79 Å². The monoisotopic (exact) mass is 412 g/mol. The summed E-state index contributed by atoms with van der Waals surface area (Å²) in [6.07, 6.45) is 5.15. The van der Waals surface area contributed by atoms with Crippen molar-refractivity contribution in [3.63, 3.8) is 0 Å². The Morgan fingerprint density at radius 1 is 1.43 bits per heavy atom. The first-order valence-corrected chi connectivity index (χ1v) is 9.91. The number of likely N-dealkylation sites (tertiary alicyclic amines) is 1. The standard InChI is InChI=1S/C23H26F2N4O/c1-4-27-28-21(23-19(24)8-6-9-20(23)25)13-17(3)16(2)7-5-10-22(30)29-12-11-18(14-26)15-29/h4,6,8-9,13,16,18H,1,3,5,7,10-12,15H2,2H3/b21-13-,28-27-/t16-,18?/m1/s1. The third-order valence-electron chi connectivity index (χ3n) is 5.17. The van der Waals surface area contributed by atoms with Gasteiger partial charge in [0.1, 0.15) is 11.6 Å². The van der Waals surface area contributed by atoms with E-state index >= 15 is 0 Å². The van der Waals surface area contributed by atoms with Crippen LogP contribution >= 0.6 is 0 Å². The minimum atomic E-state index is -0.739. The van der Waals surface area contributed by atoms with Crippen LogP contribution in [0.15, 0.2) is 59.4 Å². The molecule has 1 heterocycles. The Hall–Kier alpha value is -3.14. The largest absolute Gasteiger partial charge is 0.341 e. The first-order valence-electron chi connectivity index (χ1n) is 9.91. The van der Waals surface area contributed by atoms with Gasteiger partial charge >= 0.3 is 0 Å². The molecule has 1 saturated heterocycles. The lowest BCUT2D eigenvalue weighted by Crippen LogP contribution is -2.28. The SMILES string of the molecule is C=C/N=N\C(=C/C(=C)[C@H](C)CCCC(=O)N1CCC(C#N)C1)c1c(F)cccc1F. The summed E-state index contributed by atoms with van der Waals surface area (Å²) in [7, 11) is 0. The molecule has 5 nitrogen and oxygen atoms in total. The molecule has 2 atom stereocenters. The van der Waals surface area contributed by atoms with E-state index < -0.39 is 11.6 Å². The van der Waals surface area contributed by atoms with Gasteiger partial charge in [0.2, 0.25) is 5.91 Å². The van der Waals surface area contributed by atoms with Gasteiger partial charge in [0.05, 0.1) is 23.2 Å². The Morgan fingerprint density at radius 2 is 2.13 bits per heavy atom. The minimum absolute atomic E-state index is 0.0213. The van der Waals surface area contributed by atoms with Crippen LogP contribution in [-0.2, 0) is 4.79 Å². The third-order valence-corrected chi connectivity index (χ3v) is 5.17. The van der Waals surface area contributed by atoms with Crippen molar-refractivity contribution in [3.05, 3.63) is 66.4 Å². The molecule has 30 heavy (non-hydrogen) atoms. The fourth-order valence-corrected chi connectivity index (χ4v) is 3.31. The van der Waals surface area contributed by atoms with Crippen LogP contribution in [0, 0.1) is 34.8 Å². The second-order valence-corrected chi connectivity index (χ2v) is 7.35. The normalized spacial score (nSPS) is 17.7. The number of nitrogens with zero attached hydrogens (tertiary/aromatic N) is 4. The van der Waals surface area contributed by atoms with Crippen LogP contribution in [-0.4, -0.2) is 23.9 Å². The Kier molecular flexibility index (Phi) is 8.60. The molecular weight excluding hydrogens is 386 g/mol. The van der Waals surface area contributed by atoms with Crippen LogP contribution in [0.4, 0.5) is 8.78 Å². The maximum atomic E-state index is 14.2. The number of allylic oxidation sites excluding steroid dienone is 2. The highest BCUT2D eigenvalue weighted by Crippen LogP contribution is 2.27. The van der Waals surface area contributed by atoms with Crippen molar-refractivity contribution in [1.29, 1.82) is 5.26 Å². The average Bonchev–Trinajstić information content (AvgIpc) is 3.20. The van der Waals surface area contributed by atoms with Gasteiger partial charge in [0, 0.05) is 25.7 Å². The maximum Gasteiger partial charge on any atom is 0.222 e. The summed E-state index contributed by atoms with van der Waals surface area (Å²) < 4.78 is 28.3. The Morgan fingerprint density at radius 3 is 2.73 bits per heavy atom. The van der Waals surface area contributed by atoms with Crippen LogP contribution in [0.3, 0.4) is 0 Å². The summed E-state index contributed by atoms with van der Waals surface area (Å²) in [5.74, 6) is -1.52. The molecule has 0 saturated carbocycles. The number of benzene rings is 1. The molecule has 1 unspecified atom stereocenters.